The number of carbonyl (C=O) groups excluding carboxylic acids is 2. The summed E-state index contributed by atoms with van der Waals surface area (Å²) >= 11 is 6.01. The molecule has 1 heterocycles. The number of hydrogen-bond donors (Lipinski definition) is 1. The van der Waals surface area contributed by atoms with Gasteiger partial charge in [-0.2, -0.15) is 0 Å². The predicted molar refractivity (Wildman–Crippen MR) is 102 cm³/mol. The topological polar surface area (TPSA) is 58.6 Å². The molecule has 26 heavy (non-hydrogen) atoms. The van der Waals surface area contributed by atoms with E-state index in [1.54, 1.807) is 18.2 Å². The van der Waals surface area contributed by atoms with Gasteiger partial charge in [0.05, 0.1) is 18.6 Å². The van der Waals surface area contributed by atoms with E-state index in [2.05, 4.69) is 5.32 Å². The van der Waals surface area contributed by atoms with Crippen molar-refractivity contribution in [2.45, 2.75) is 45.6 Å². The highest BCUT2D eigenvalue weighted by atomic mass is 35.5. The first-order chi connectivity index (χ1) is 12.4. The summed E-state index contributed by atoms with van der Waals surface area (Å²) in [6.07, 6.45) is 4.25. The molecule has 142 valence electrons. The molecule has 1 unspecified atom stereocenters. The molecule has 1 aromatic carbocycles. The molecule has 0 radical (unpaired) electrons. The Morgan fingerprint density at radius 2 is 2.00 bits per heavy atom. The monoisotopic (exact) mass is 378 g/mol. The number of ether oxygens (including phenoxy) is 1. The smallest absolute Gasteiger partial charge is 0.257 e. The van der Waals surface area contributed by atoms with Gasteiger partial charge in [0.2, 0.25) is 5.91 Å². The molecule has 1 N–H and O–H groups in total. The molecule has 3 rings (SSSR count). The second-order valence-electron chi connectivity index (χ2n) is 7.82. The van der Waals surface area contributed by atoms with Crippen LogP contribution in [0, 0.1) is 11.3 Å². The standard InChI is InChI=1S/C20H27ClN2O3/c1-13(2)22-18(24)16-11-23(12-20(16)8-4-5-9-20)19(25)15-7-6-14(21)10-17(15)26-3/h6-7,10,13,16H,4-5,8-9,11-12H2,1-3H3,(H,22,24). The van der Waals surface area contributed by atoms with Gasteiger partial charge < -0.3 is 15.0 Å². The van der Waals surface area contributed by atoms with Gasteiger partial charge in [-0.3, -0.25) is 9.59 Å². The van der Waals surface area contributed by atoms with Gasteiger partial charge >= 0.3 is 0 Å². The van der Waals surface area contributed by atoms with Crippen LogP contribution in [0.5, 0.6) is 5.75 Å². The normalized spacial score (nSPS) is 21.4. The van der Waals surface area contributed by atoms with Crippen LogP contribution in [-0.2, 0) is 4.79 Å². The Balaban J connectivity index is 1.85. The molecule has 1 spiro atoms. The number of nitrogens with zero attached hydrogens (tertiary/aromatic N) is 1. The number of methoxy groups -OCH3 is 1. The zero-order valence-electron chi connectivity index (χ0n) is 15.7. The Bertz CT molecular complexity index is 698. The van der Waals surface area contributed by atoms with E-state index in [4.69, 9.17) is 16.3 Å². The lowest BCUT2D eigenvalue weighted by Gasteiger charge is -2.29. The largest absolute Gasteiger partial charge is 0.496 e. The zero-order chi connectivity index (χ0) is 18.9. The number of benzene rings is 1. The van der Waals surface area contributed by atoms with Crippen molar-refractivity contribution in [2.75, 3.05) is 20.2 Å². The molecular weight excluding hydrogens is 352 g/mol. The summed E-state index contributed by atoms with van der Waals surface area (Å²) in [5, 5.41) is 3.58. The fraction of sp³-hybridized carbons (Fsp3) is 0.600. The third kappa shape index (κ3) is 3.54. The van der Waals surface area contributed by atoms with E-state index in [1.165, 1.54) is 7.11 Å². The minimum atomic E-state index is -0.144. The Morgan fingerprint density at radius 1 is 1.31 bits per heavy atom. The van der Waals surface area contributed by atoms with Crippen molar-refractivity contribution in [3.8, 4) is 5.75 Å². The Morgan fingerprint density at radius 3 is 2.62 bits per heavy atom. The van der Waals surface area contributed by atoms with E-state index < -0.39 is 0 Å². The molecule has 1 saturated carbocycles. The van der Waals surface area contributed by atoms with Crippen molar-refractivity contribution in [3.05, 3.63) is 28.8 Å². The molecule has 1 aromatic rings. The number of nitrogens with one attached hydrogen (secondary N) is 1. The summed E-state index contributed by atoms with van der Waals surface area (Å²) in [5.41, 5.74) is 0.406. The molecule has 2 aliphatic rings. The Labute approximate surface area is 160 Å². The van der Waals surface area contributed by atoms with Crippen LogP contribution in [0.4, 0.5) is 0 Å². The number of rotatable bonds is 4. The van der Waals surface area contributed by atoms with Crippen molar-refractivity contribution in [3.63, 3.8) is 0 Å². The van der Waals surface area contributed by atoms with E-state index in [0.29, 0.717) is 29.4 Å². The van der Waals surface area contributed by atoms with Crippen LogP contribution in [0.2, 0.25) is 5.02 Å². The lowest BCUT2D eigenvalue weighted by atomic mass is 9.76. The highest BCUT2D eigenvalue weighted by Crippen LogP contribution is 2.49. The van der Waals surface area contributed by atoms with Crippen molar-refractivity contribution in [1.82, 2.24) is 10.2 Å². The van der Waals surface area contributed by atoms with Crippen molar-refractivity contribution >= 4 is 23.4 Å². The molecule has 1 aliphatic heterocycles. The third-order valence-corrected chi connectivity index (χ3v) is 5.91. The lowest BCUT2D eigenvalue weighted by molar-refractivity contribution is -0.128. The zero-order valence-corrected chi connectivity index (χ0v) is 16.4. The first kappa shape index (κ1) is 19.0. The van der Waals surface area contributed by atoms with Crippen molar-refractivity contribution < 1.29 is 14.3 Å². The summed E-state index contributed by atoms with van der Waals surface area (Å²) in [6, 6.07) is 5.15. The summed E-state index contributed by atoms with van der Waals surface area (Å²) in [5.74, 6) is 0.303. The summed E-state index contributed by atoms with van der Waals surface area (Å²) in [4.78, 5) is 27.8. The first-order valence-corrected chi connectivity index (χ1v) is 9.67. The Kier molecular flexibility index (Phi) is 5.47. The highest BCUT2D eigenvalue weighted by molar-refractivity contribution is 6.30. The average molecular weight is 379 g/mol. The maximum atomic E-state index is 13.1. The van der Waals surface area contributed by atoms with Gasteiger partial charge in [0, 0.05) is 29.6 Å². The molecule has 2 fully saturated rings. The van der Waals surface area contributed by atoms with Gasteiger partial charge in [-0.15, -0.1) is 0 Å². The first-order valence-electron chi connectivity index (χ1n) is 9.29. The molecule has 0 bridgehead atoms. The van der Waals surface area contributed by atoms with Crippen LogP contribution in [0.3, 0.4) is 0 Å². The van der Waals surface area contributed by atoms with Crippen LogP contribution in [0.15, 0.2) is 18.2 Å². The fourth-order valence-electron chi connectivity index (χ4n) is 4.47. The summed E-state index contributed by atoms with van der Waals surface area (Å²) in [6.45, 7) is 5.03. The van der Waals surface area contributed by atoms with Crippen LogP contribution in [-0.4, -0.2) is 43.0 Å². The number of amides is 2. The second-order valence-corrected chi connectivity index (χ2v) is 8.25. The van der Waals surface area contributed by atoms with Crippen LogP contribution >= 0.6 is 11.6 Å². The van der Waals surface area contributed by atoms with Gasteiger partial charge in [-0.1, -0.05) is 24.4 Å². The molecule has 5 nitrogen and oxygen atoms in total. The van der Waals surface area contributed by atoms with E-state index in [9.17, 15) is 9.59 Å². The van der Waals surface area contributed by atoms with Crippen molar-refractivity contribution in [1.29, 1.82) is 0 Å². The van der Waals surface area contributed by atoms with E-state index in [0.717, 1.165) is 25.7 Å². The van der Waals surface area contributed by atoms with Crippen LogP contribution < -0.4 is 10.1 Å². The highest BCUT2D eigenvalue weighted by Gasteiger charge is 2.52. The lowest BCUT2D eigenvalue weighted by Crippen LogP contribution is -2.42. The molecule has 1 aliphatic carbocycles. The molecule has 6 heteroatoms. The maximum Gasteiger partial charge on any atom is 0.257 e. The van der Waals surface area contributed by atoms with Gasteiger partial charge in [0.15, 0.2) is 0 Å². The minimum absolute atomic E-state index is 0.0697. The van der Waals surface area contributed by atoms with Crippen molar-refractivity contribution in [2.24, 2.45) is 11.3 Å². The van der Waals surface area contributed by atoms with Crippen LogP contribution in [0.25, 0.3) is 0 Å². The number of carbonyl (C=O) groups is 2. The molecule has 0 aromatic heterocycles. The summed E-state index contributed by atoms with van der Waals surface area (Å²) < 4.78 is 5.34. The number of hydrogen-bond acceptors (Lipinski definition) is 3. The molecule has 1 saturated heterocycles. The average Bonchev–Trinajstić information content (AvgIpc) is 3.21. The van der Waals surface area contributed by atoms with Crippen LogP contribution in [0.1, 0.15) is 49.9 Å². The maximum absolute atomic E-state index is 13.1. The summed E-state index contributed by atoms with van der Waals surface area (Å²) in [7, 11) is 1.53. The van der Waals surface area contributed by atoms with E-state index in [1.807, 2.05) is 18.7 Å². The Hall–Kier alpha value is -1.75. The van der Waals surface area contributed by atoms with Gasteiger partial charge in [0.25, 0.3) is 5.91 Å². The SMILES string of the molecule is COc1cc(Cl)ccc1C(=O)N1CC(C(=O)NC(C)C)C2(CCCC2)C1. The molecular formula is C20H27ClN2O3. The third-order valence-electron chi connectivity index (χ3n) is 5.68. The fourth-order valence-corrected chi connectivity index (χ4v) is 4.63. The quantitative estimate of drug-likeness (QED) is 0.872. The molecule has 2 amide bonds. The van der Waals surface area contributed by atoms with Gasteiger partial charge in [-0.25, -0.2) is 0 Å². The van der Waals surface area contributed by atoms with E-state index in [-0.39, 0.29) is 29.2 Å². The number of likely N-dealkylation sites (tertiary alicyclic amines) is 1. The van der Waals surface area contributed by atoms with E-state index >= 15 is 0 Å². The predicted octanol–water partition coefficient (Wildman–Crippen LogP) is 3.51. The number of halogens is 1. The van der Waals surface area contributed by atoms with Gasteiger partial charge in [-0.05, 0) is 44.9 Å². The second kappa shape index (κ2) is 7.47. The van der Waals surface area contributed by atoms with Gasteiger partial charge in [0.1, 0.15) is 5.75 Å². The molecule has 1 atom stereocenters. The minimum Gasteiger partial charge on any atom is -0.496 e.